The van der Waals surface area contributed by atoms with Crippen LogP contribution in [0.3, 0.4) is 0 Å². The lowest BCUT2D eigenvalue weighted by atomic mass is 9.77. The molecule has 150 valence electrons. The lowest BCUT2D eigenvalue weighted by Crippen LogP contribution is -2.64. The zero-order valence-electron chi connectivity index (χ0n) is 16.5. The maximum absolute atomic E-state index is 12.1. The SMILES string of the molecule is CC(C)(C)OC(=O)N[C@H]1CCC[C@@H](NC(=O)OCc2ccccc2)[C@@]1(C)O. The summed E-state index contributed by atoms with van der Waals surface area (Å²) < 4.78 is 10.5. The number of hydrogen-bond donors (Lipinski definition) is 3. The third-order valence-corrected chi connectivity index (χ3v) is 4.59. The third kappa shape index (κ3) is 6.43. The van der Waals surface area contributed by atoms with Gasteiger partial charge < -0.3 is 25.2 Å². The number of carbonyl (C=O) groups is 2. The standard InChI is InChI=1S/C20H30N2O5/c1-19(2,3)27-18(24)22-16-12-8-11-15(20(16,4)25)21-17(23)26-13-14-9-6-5-7-10-14/h5-7,9-10,15-16,25H,8,11-13H2,1-4H3,(H,21,23)(H,22,24)/t15-,16+,20-/m1/s1. The minimum atomic E-state index is -1.32. The van der Waals surface area contributed by atoms with Crippen LogP contribution < -0.4 is 10.6 Å². The summed E-state index contributed by atoms with van der Waals surface area (Å²) in [7, 11) is 0. The summed E-state index contributed by atoms with van der Waals surface area (Å²) in [4.78, 5) is 24.2. The van der Waals surface area contributed by atoms with Crippen LogP contribution >= 0.6 is 0 Å². The van der Waals surface area contributed by atoms with Crippen molar-refractivity contribution in [3.8, 4) is 0 Å². The molecule has 0 heterocycles. The van der Waals surface area contributed by atoms with E-state index in [0.717, 1.165) is 12.0 Å². The van der Waals surface area contributed by atoms with E-state index in [1.807, 2.05) is 30.3 Å². The highest BCUT2D eigenvalue weighted by molar-refractivity contribution is 5.69. The van der Waals surface area contributed by atoms with E-state index in [2.05, 4.69) is 10.6 Å². The molecular weight excluding hydrogens is 348 g/mol. The van der Waals surface area contributed by atoms with Gasteiger partial charge in [-0.05, 0) is 52.5 Å². The first-order chi connectivity index (χ1) is 12.6. The normalized spacial score (nSPS) is 25.4. The molecule has 0 aromatic heterocycles. The van der Waals surface area contributed by atoms with Crippen LogP contribution in [-0.4, -0.2) is 40.6 Å². The highest BCUT2D eigenvalue weighted by Gasteiger charge is 2.44. The van der Waals surface area contributed by atoms with Gasteiger partial charge in [-0.2, -0.15) is 0 Å². The van der Waals surface area contributed by atoms with Gasteiger partial charge in [0.1, 0.15) is 17.8 Å². The van der Waals surface area contributed by atoms with Gasteiger partial charge in [0, 0.05) is 0 Å². The van der Waals surface area contributed by atoms with Gasteiger partial charge >= 0.3 is 12.2 Å². The topological polar surface area (TPSA) is 96.9 Å². The van der Waals surface area contributed by atoms with Crippen molar-refractivity contribution in [3.05, 3.63) is 35.9 Å². The van der Waals surface area contributed by atoms with Gasteiger partial charge in [-0.25, -0.2) is 9.59 Å². The molecule has 0 saturated heterocycles. The van der Waals surface area contributed by atoms with Crippen molar-refractivity contribution in [2.75, 3.05) is 0 Å². The van der Waals surface area contributed by atoms with E-state index in [1.165, 1.54) is 0 Å². The maximum atomic E-state index is 12.1. The minimum absolute atomic E-state index is 0.154. The Morgan fingerprint density at radius 3 is 2.22 bits per heavy atom. The summed E-state index contributed by atoms with van der Waals surface area (Å²) in [5, 5.41) is 16.4. The van der Waals surface area contributed by atoms with E-state index in [-0.39, 0.29) is 6.61 Å². The van der Waals surface area contributed by atoms with Crippen molar-refractivity contribution in [3.63, 3.8) is 0 Å². The first-order valence-electron chi connectivity index (χ1n) is 9.27. The average molecular weight is 378 g/mol. The summed E-state index contributed by atoms with van der Waals surface area (Å²) in [6, 6.07) is 8.30. The molecule has 7 nitrogen and oxygen atoms in total. The highest BCUT2D eigenvalue weighted by atomic mass is 16.6. The number of carbonyl (C=O) groups excluding carboxylic acids is 2. The Morgan fingerprint density at radius 1 is 1.11 bits per heavy atom. The first kappa shape index (κ1) is 21.0. The summed E-state index contributed by atoms with van der Waals surface area (Å²) in [6.45, 7) is 7.09. The van der Waals surface area contributed by atoms with Crippen LogP contribution in [0.1, 0.15) is 52.5 Å². The highest BCUT2D eigenvalue weighted by Crippen LogP contribution is 2.29. The molecule has 3 atom stereocenters. The molecule has 0 spiro atoms. The van der Waals surface area contributed by atoms with Crippen LogP contribution in [-0.2, 0) is 16.1 Å². The monoisotopic (exact) mass is 378 g/mol. The zero-order chi connectivity index (χ0) is 20.1. The molecule has 2 rings (SSSR count). The molecule has 1 aromatic carbocycles. The smallest absolute Gasteiger partial charge is 0.407 e. The first-order valence-corrected chi connectivity index (χ1v) is 9.27. The van der Waals surface area contributed by atoms with Crippen LogP contribution in [0.4, 0.5) is 9.59 Å². The number of benzene rings is 1. The van der Waals surface area contributed by atoms with E-state index >= 15 is 0 Å². The van der Waals surface area contributed by atoms with Crippen molar-refractivity contribution in [2.45, 2.75) is 76.9 Å². The molecule has 7 heteroatoms. The lowest BCUT2D eigenvalue weighted by Gasteiger charge is -2.43. The van der Waals surface area contributed by atoms with Gasteiger partial charge in [-0.15, -0.1) is 0 Å². The van der Waals surface area contributed by atoms with Gasteiger partial charge in [0.15, 0.2) is 0 Å². The van der Waals surface area contributed by atoms with Gasteiger partial charge in [-0.1, -0.05) is 30.3 Å². The summed E-state index contributed by atoms with van der Waals surface area (Å²) in [5.74, 6) is 0. The zero-order valence-corrected chi connectivity index (χ0v) is 16.5. The summed E-state index contributed by atoms with van der Waals surface area (Å²) in [6.07, 6.45) is 0.769. The van der Waals surface area contributed by atoms with Crippen LogP contribution in [0.25, 0.3) is 0 Å². The second-order valence-corrected chi connectivity index (χ2v) is 8.11. The molecule has 2 amide bonds. The molecule has 0 aliphatic heterocycles. The maximum Gasteiger partial charge on any atom is 0.407 e. The number of hydrogen-bond acceptors (Lipinski definition) is 5. The summed E-state index contributed by atoms with van der Waals surface area (Å²) >= 11 is 0. The van der Waals surface area contributed by atoms with Crippen molar-refractivity contribution in [1.82, 2.24) is 10.6 Å². The number of rotatable bonds is 4. The molecule has 1 aliphatic carbocycles. The Morgan fingerprint density at radius 2 is 1.67 bits per heavy atom. The molecule has 3 N–H and O–H groups in total. The fourth-order valence-corrected chi connectivity index (χ4v) is 3.15. The second-order valence-electron chi connectivity index (χ2n) is 8.11. The van der Waals surface area contributed by atoms with Crippen molar-refractivity contribution in [1.29, 1.82) is 0 Å². The Balaban J connectivity index is 1.90. The van der Waals surface area contributed by atoms with E-state index in [4.69, 9.17) is 9.47 Å². The fraction of sp³-hybridized carbons (Fsp3) is 0.600. The molecule has 1 fully saturated rings. The average Bonchev–Trinajstić information content (AvgIpc) is 2.56. The molecule has 1 aliphatic rings. The van der Waals surface area contributed by atoms with E-state index in [1.54, 1.807) is 27.7 Å². The van der Waals surface area contributed by atoms with Crippen molar-refractivity contribution >= 4 is 12.2 Å². The Bertz CT molecular complexity index is 640. The predicted octanol–water partition coefficient (Wildman–Crippen LogP) is 3.11. The minimum Gasteiger partial charge on any atom is -0.445 e. The fourth-order valence-electron chi connectivity index (χ4n) is 3.15. The van der Waals surface area contributed by atoms with Gasteiger partial charge in [0.2, 0.25) is 0 Å². The Kier molecular flexibility index (Phi) is 6.70. The predicted molar refractivity (Wildman–Crippen MR) is 101 cm³/mol. The molecule has 0 bridgehead atoms. The van der Waals surface area contributed by atoms with Crippen LogP contribution in [0.5, 0.6) is 0 Å². The number of aliphatic hydroxyl groups is 1. The quantitative estimate of drug-likeness (QED) is 0.748. The molecular formula is C20H30N2O5. The third-order valence-electron chi connectivity index (χ3n) is 4.59. The van der Waals surface area contributed by atoms with Crippen LogP contribution in [0, 0.1) is 0 Å². The van der Waals surface area contributed by atoms with E-state index in [9.17, 15) is 14.7 Å². The number of amides is 2. The van der Waals surface area contributed by atoms with Gasteiger partial charge in [0.05, 0.1) is 12.1 Å². The molecule has 1 aromatic rings. The van der Waals surface area contributed by atoms with Gasteiger partial charge in [0.25, 0.3) is 0 Å². The molecule has 1 saturated carbocycles. The Labute approximate surface area is 160 Å². The van der Waals surface area contributed by atoms with Crippen molar-refractivity contribution < 1.29 is 24.2 Å². The van der Waals surface area contributed by atoms with E-state index in [0.29, 0.717) is 12.8 Å². The van der Waals surface area contributed by atoms with Crippen molar-refractivity contribution in [2.24, 2.45) is 0 Å². The number of nitrogens with one attached hydrogen (secondary N) is 2. The molecule has 0 unspecified atom stereocenters. The number of alkyl carbamates (subject to hydrolysis) is 2. The summed E-state index contributed by atoms with van der Waals surface area (Å²) in [5.41, 5.74) is -1.06. The second kappa shape index (κ2) is 8.61. The largest absolute Gasteiger partial charge is 0.445 e. The van der Waals surface area contributed by atoms with Crippen LogP contribution in [0.15, 0.2) is 30.3 Å². The molecule has 0 radical (unpaired) electrons. The molecule has 27 heavy (non-hydrogen) atoms. The van der Waals surface area contributed by atoms with Gasteiger partial charge in [-0.3, -0.25) is 0 Å². The Hall–Kier alpha value is -2.28. The van der Waals surface area contributed by atoms with Crippen LogP contribution in [0.2, 0.25) is 0 Å². The lowest BCUT2D eigenvalue weighted by molar-refractivity contribution is -0.0415. The number of ether oxygens (including phenoxy) is 2. The van der Waals surface area contributed by atoms with E-state index < -0.39 is 35.5 Å².